The summed E-state index contributed by atoms with van der Waals surface area (Å²) in [7, 11) is -0.887. The smallest absolute Gasteiger partial charge is 0.0532 e. The number of rotatable bonds is 5. The van der Waals surface area contributed by atoms with Crippen molar-refractivity contribution in [2.45, 2.75) is 38.5 Å². The zero-order chi connectivity index (χ0) is 12.1. The van der Waals surface area contributed by atoms with E-state index in [1.54, 1.807) is 0 Å². The van der Waals surface area contributed by atoms with E-state index in [1.165, 1.54) is 0 Å². The third kappa shape index (κ3) is 3.34. The first-order valence-electron chi connectivity index (χ1n) is 5.83. The Morgan fingerprint density at radius 3 is 2.44 bits per heavy atom. The van der Waals surface area contributed by atoms with Crippen molar-refractivity contribution in [3.63, 3.8) is 0 Å². The van der Waals surface area contributed by atoms with E-state index < -0.39 is 10.8 Å². The minimum absolute atomic E-state index is 0.554. The fourth-order valence-electron chi connectivity index (χ4n) is 1.62. The highest BCUT2D eigenvalue weighted by molar-refractivity contribution is 7.85. The summed E-state index contributed by atoms with van der Waals surface area (Å²) in [4.78, 5) is 0.901. The van der Waals surface area contributed by atoms with Crippen LogP contribution in [0.1, 0.15) is 32.3 Å². The summed E-state index contributed by atoms with van der Waals surface area (Å²) in [5, 5.41) is 0. The van der Waals surface area contributed by atoms with Gasteiger partial charge in [0.25, 0.3) is 0 Å². The lowest BCUT2D eigenvalue weighted by molar-refractivity contribution is 0.544. The number of aryl methyl sites for hydroxylation is 1. The van der Waals surface area contributed by atoms with Crippen molar-refractivity contribution in [2.75, 3.05) is 11.5 Å². The summed E-state index contributed by atoms with van der Waals surface area (Å²) in [6.45, 7) is 6.26. The first kappa shape index (κ1) is 13.2. The van der Waals surface area contributed by atoms with Crippen LogP contribution < -0.4 is 5.73 Å². The summed E-state index contributed by atoms with van der Waals surface area (Å²) in [5.74, 6) is 1.31. The van der Waals surface area contributed by atoms with Gasteiger partial charge >= 0.3 is 0 Å². The van der Waals surface area contributed by atoms with Crippen LogP contribution in [-0.4, -0.2) is 9.96 Å². The Morgan fingerprint density at radius 1 is 1.31 bits per heavy atom. The second-order valence-electron chi connectivity index (χ2n) is 4.21. The van der Waals surface area contributed by atoms with Crippen LogP contribution in [0.5, 0.6) is 0 Å². The number of nitrogen functional groups attached to an aromatic ring is 1. The highest BCUT2D eigenvalue weighted by Crippen LogP contribution is 2.18. The van der Waals surface area contributed by atoms with Crippen molar-refractivity contribution < 1.29 is 4.21 Å². The molecule has 0 bridgehead atoms. The van der Waals surface area contributed by atoms with Gasteiger partial charge in [0.2, 0.25) is 0 Å². The Morgan fingerprint density at radius 2 is 1.94 bits per heavy atom. The Kier molecular flexibility index (Phi) is 5.00. The van der Waals surface area contributed by atoms with Gasteiger partial charge in [0.15, 0.2) is 0 Å². The quantitative estimate of drug-likeness (QED) is 0.802. The molecule has 0 saturated heterocycles. The molecule has 0 fully saturated rings. The lowest BCUT2D eigenvalue weighted by Gasteiger charge is -2.12. The molecule has 1 atom stereocenters. The molecule has 0 aromatic heterocycles. The summed E-state index contributed by atoms with van der Waals surface area (Å²) >= 11 is 0. The number of hydrogen-bond donors (Lipinski definition) is 1. The largest absolute Gasteiger partial charge is 0.399 e. The van der Waals surface area contributed by atoms with E-state index in [1.807, 2.05) is 25.1 Å². The molecule has 0 radical (unpaired) electrons. The average Bonchev–Trinajstić information content (AvgIpc) is 2.29. The fraction of sp³-hybridized carbons (Fsp3) is 0.538. The van der Waals surface area contributed by atoms with Crippen LogP contribution in [0.15, 0.2) is 23.1 Å². The van der Waals surface area contributed by atoms with E-state index >= 15 is 0 Å². The van der Waals surface area contributed by atoms with Crippen LogP contribution in [0.3, 0.4) is 0 Å². The molecule has 0 aliphatic heterocycles. The molecule has 0 spiro atoms. The van der Waals surface area contributed by atoms with Gasteiger partial charge in [-0.15, -0.1) is 0 Å². The summed E-state index contributed by atoms with van der Waals surface area (Å²) in [6, 6.07) is 5.66. The van der Waals surface area contributed by atoms with Gasteiger partial charge in [-0.1, -0.05) is 26.7 Å². The van der Waals surface area contributed by atoms with Crippen LogP contribution in [0, 0.1) is 12.8 Å². The van der Waals surface area contributed by atoms with E-state index in [4.69, 9.17) is 5.73 Å². The molecule has 1 unspecified atom stereocenters. The Balaban J connectivity index is 2.76. The van der Waals surface area contributed by atoms with Gasteiger partial charge in [-0.2, -0.15) is 0 Å². The molecule has 1 rings (SSSR count). The normalized spacial score (nSPS) is 13.0. The predicted octanol–water partition coefficient (Wildman–Crippen LogP) is 3.12. The van der Waals surface area contributed by atoms with E-state index in [-0.39, 0.29) is 0 Å². The third-order valence-electron chi connectivity index (χ3n) is 3.05. The third-order valence-corrected chi connectivity index (χ3v) is 4.60. The molecule has 1 aromatic rings. The summed E-state index contributed by atoms with van der Waals surface area (Å²) in [5.41, 5.74) is 7.52. The van der Waals surface area contributed by atoms with Crippen molar-refractivity contribution in [3.8, 4) is 0 Å². The molecule has 90 valence electrons. The molecule has 0 saturated carbocycles. The van der Waals surface area contributed by atoms with Gasteiger partial charge < -0.3 is 5.73 Å². The first-order valence-corrected chi connectivity index (χ1v) is 7.14. The van der Waals surface area contributed by atoms with Crippen molar-refractivity contribution in [2.24, 2.45) is 5.92 Å². The molecule has 0 heterocycles. The minimum Gasteiger partial charge on any atom is -0.399 e. The molecule has 0 amide bonds. The van der Waals surface area contributed by atoms with E-state index in [2.05, 4.69) is 13.8 Å². The maximum atomic E-state index is 12.1. The predicted molar refractivity (Wildman–Crippen MR) is 70.9 cm³/mol. The molecule has 0 aliphatic rings. The van der Waals surface area contributed by atoms with Gasteiger partial charge in [0.1, 0.15) is 0 Å². The molecular formula is C13H21NOS. The van der Waals surface area contributed by atoms with Gasteiger partial charge in [0.05, 0.1) is 10.8 Å². The first-order chi connectivity index (χ1) is 7.58. The van der Waals surface area contributed by atoms with E-state index in [9.17, 15) is 4.21 Å². The van der Waals surface area contributed by atoms with Crippen molar-refractivity contribution in [1.29, 1.82) is 0 Å². The molecule has 16 heavy (non-hydrogen) atoms. The SMILES string of the molecule is CCC(CC)CS(=O)c1ccc(N)c(C)c1. The molecule has 0 aliphatic carbocycles. The van der Waals surface area contributed by atoms with Crippen LogP contribution in [0.4, 0.5) is 5.69 Å². The van der Waals surface area contributed by atoms with Gasteiger partial charge in [0, 0.05) is 16.3 Å². The monoisotopic (exact) mass is 239 g/mol. The Bertz CT molecular complexity index is 372. The molecule has 3 heteroatoms. The topological polar surface area (TPSA) is 43.1 Å². The zero-order valence-electron chi connectivity index (χ0n) is 10.3. The highest BCUT2D eigenvalue weighted by atomic mass is 32.2. The van der Waals surface area contributed by atoms with Crippen molar-refractivity contribution >= 4 is 16.5 Å². The number of benzene rings is 1. The minimum atomic E-state index is -0.887. The lowest BCUT2D eigenvalue weighted by atomic mass is 10.1. The molecule has 2 N–H and O–H groups in total. The van der Waals surface area contributed by atoms with Crippen LogP contribution in [0.2, 0.25) is 0 Å². The summed E-state index contributed by atoms with van der Waals surface area (Å²) < 4.78 is 12.1. The number of anilines is 1. The van der Waals surface area contributed by atoms with E-state index in [0.29, 0.717) is 5.92 Å². The van der Waals surface area contributed by atoms with Crippen LogP contribution in [0.25, 0.3) is 0 Å². The van der Waals surface area contributed by atoms with Crippen molar-refractivity contribution in [3.05, 3.63) is 23.8 Å². The molecule has 1 aromatic carbocycles. The standard InChI is InChI=1S/C13H21NOS/c1-4-11(5-2)9-16(15)12-6-7-13(14)10(3)8-12/h6-8,11H,4-5,9,14H2,1-3H3. The molecular weight excluding hydrogens is 218 g/mol. The number of hydrogen-bond acceptors (Lipinski definition) is 2. The van der Waals surface area contributed by atoms with Gasteiger partial charge in [-0.05, 0) is 36.6 Å². The van der Waals surface area contributed by atoms with Crippen LogP contribution >= 0.6 is 0 Å². The van der Waals surface area contributed by atoms with Gasteiger partial charge in [-0.3, -0.25) is 4.21 Å². The highest BCUT2D eigenvalue weighted by Gasteiger charge is 2.11. The fourth-order valence-corrected chi connectivity index (χ4v) is 3.24. The summed E-state index contributed by atoms with van der Waals surface area (Å²) in [6.07, 6.45) is 2.19. The van der Waals surface area contributed by atoms with Crippen molar-refractivity contribution in [1.82, 2.24) is 0 Å². The Hall–Kier alpha value is -0.830. The molecule has 2 nitrogen and oxygen atoms in total. The maximum absolute atomic E-state index is 12.1. The van der Waals surface area contributed by atoms with Crippen LogP contribution in [-0.2, 0) is 10.8 Å². The average molecular weight is 239 g/mol. The lowest BCUT2D eigenvalue weighted by Crippen LogP contribution is -2.10. The number of nitrogens with two attached hydrogens (primary N) is 1. The second-order valence-corrected chi connectivity index (χ2v) is 5.71. The van der Waals surface area contributed by atoms with E-state index in [0.717, 1.165) is 34.7 Å². The van der Waals surface area contributed by atoms with Gasteiger partial charge in [-0.25, -0.2) is 0 Å². The second kappa shape index (κ2) is 6.04. The zero-order valence-corrected chi connectivity index (χ0v) is 11.1. The maximum Gasteiger partial charge on any atom is 0.0532 e. The Labute approximate surface area is 101 Å².